The van der Waals surface area contributed by atoms with Crippen LogP contribution in [0.3, 0.4) is 0 Å². The van der Waals surface area contributed by atoms with Crippen LogP contribution in [0.2, 0.25) is 0 Å². The lowest BCUT2D eigenvalue weighted by molar-refractivity contribution is -0.130. The largest absolute Gasteiger partial charge is 0.354 e. The first-order valence-corrected chi connectivity index (χ1v) is 10.0. The highest BCUT2D eigenvalue weighted by atomic mass is 32.1. The van der Waals surface area contributed by atoms with E-state index in [4.69, 9.17) is 0 Å². The van der Waals surface area contributed by atoms with Gasteiger partial charge in [0.1, 0.15) is 5.54 Å². The van der Waals surface area contributed by atoms with Gasteiger partial charge in [-0.05, 0) is 48.3 Å². The highest BCUT2D eigenvalue weighted by molar-refractivity contribution is 7.12. The number of carbonyl (C=O) groups is 2. The number of amides is 2. The van der Waals surface area contributed by atoms with Gasteiger partial charge in [-0.25, -0.2) is 0 Å². The lowest BCUT2D eigenvalue weighted by Gasteiger charge is -2.34. The maximum atomic E-state index is 13.1. The van der Waals surface area contributed by atoms with Crippen molar-refractivity contribution < 1.29 is 9.59 Å². The van der Waals surface area contributed by atoms with Crippen LogP contribution >= 0.6 is 11.3 Å². The molecule has 0 saturated carbocycles. The van der Waals surface area contributed by atoms with Gasteiger partial charge in [0.25, 0.3) is 5.91 Å². The molecule has 5 heteroatoms. The van der Waals surface area contributed by atoms with Crippen molar-refractivity contribution in [3.63, 3.8) is 0 Å². The Morgan fingerprint density at radius 1 is 1.23 bits per heavy atom. The van der Waals surface area contributed by atoms with Gasteiger partial charge in [0.05, 0.1) is 4.88 Å². The van der Waals surface area contributed by atoms with Crippen LogP contribution in [0.25, 0.3) is 11.1 Å². The second kappa shape index (κ2) is 7.62. The maximum absolute atomic E-state index is 13.1. The van der Waals surface area contributed by atoms with Gasteiger partial charge >= 0.3 is 0 Å². The van der Waals surface area contributed by atoms with Crippen molar-refractivity contribution in [3.05, 3.63) is 46.7 Å². The molecular weight excluding hydrogens is 344 g/mol. The standard InChI is InChI=1S/C21H26N2O2S/c1-15(2)13-22-20(25)21(3)10-7-11-23(21)19(24)18-12-17(14-26-18)16-8-5-4-6-9-16/h4-6,8-9,12,14-15H,7,10-11,13H2,1-3H3,(H,22,25). The van der Waals surface area contributed by atoms with Crippen LogP contribution in [0, 0.1) is 5.92 Å². The van der Waals surface area contributed by atoms with E-state index in [0.29, 0.717) is 30.3 Å². The molecule has 2 aromatic rings. The Balaban J connectivity index is 1.78. The summed E-state index contributed by atoms with van der Waals surface area (Å²) >= 11 is 1.45. The minimum atomic E-state index is -0.761. The molecule has 1 fully saturated rings. The van der Waals surface area contributed by atoms with E-state index in [2.05, 4.69) is 19.2 Å². The third kappa shape index (κ3) is 3.68. The molecular formula is C21H26N2O2S. The van der Waals surface area contributed by atoms with E-state index in [1.54, 1.807) is 4.90 Å². The molecule has 1 aliphatic rings. The first kappa shape index (κ1) is 18.6. The average molecular weight is 371 g/mol. The van der Waals surface area contributed by atoms with Gasteiger partial charge in [-0.3, -0.25) is 9.59 Å². The molecule has 3 rings (SSSR count). The Hall–Kier alpha value is -2.14. The van der Waals surface area contributed by atoms with E-state index in [-0.39, 0.29) is 11.8 Å². The van der Waals surface area contributed by atoms with E-state index < -0.39 is 5.54 Å². The van der Waals surface area contributed by atoms with E-state index in [1.807, 2.05) is 48.7 Å². The van der Waals surface area contributed by atoms with Gasteiger partial charge < -0.3 is 10.2 Å². The molecule has 0 bridgehead atoms. The number of nitrogens with one attached hydrogen (secondary N) is 1. The number of nitrogens with zero attached hydrogens (tertiary/aromatic N) is 1. The topological polar surface area (TPSA) is 49.4 Å². The molecule has 26 heavy (non-hydrogen) atoms. The van der Waals surface area contributed by atoms with Crippen molar-refractivity contribution in [3.8, 4) is 11.1 Å². The van der Waals surface area contributed by atoms with Crippen LogP contribution in [0.1, 0.15) is 43.3 Å². The Morgan fingerprint density at radius 3 is 2.65 bits per heavy atom. The number of carbonyl (C=O) groups excluding carboxylic acids is 2. The van der Waals surface area contributed by atoms with Crippen molar-refractivity contribution in [2.75, 3.05) is 13.1 Å². The molecule has 1 N–H and O–H groups in total. The summed E-state index contributed by atoms with van der Waals surface area (Å²) in [4.78, 5) is 28.3. The van der Waals surface area contributed by atoms with E-state index in [9.17, 15) is 9.59 Å². The van der Waals surface area contributed by atoms with Gasteiger partial charge in [0.15, 0.2) is 0 Å². The summed E-state index contributed by atoms with van der Waals surface area (Å²) in [6.45, 7) is 7.28. The number of hydrogen-bond acceptors (Lipinski definition) is 3. The van der Waals surface area contributed by atoms with Crippen LogP contribution in [-0.2, 0) is 4.79 Å². The fourth-order valence-electron chi connectivity index (χ4n) is 3.38. The van der Waals surface area contributed by atoms with Crippen LogP contribution in [0.5, 0.6) is 0 Å². The SMILES string of the molecule is CC(C)CNC(=O)C1(C)CCCN1C(=O)c1cc(-c2ccccc2)cs1. The Morgan fingerprint density at radius 2 is 1.96 bits per heavy atom. The molecule has 0 spiro atoms. The zero-order chi connectivity index (χ0) is 18.7. The van der Waals surface area contributed by atoms with Crippen molar-refractivity contribution >= 4 is 23.2 Å². The summed E-state index contributed by atoms with van der Waals surface area (Å²) in [5.41, 5.74) is 1.38. The van der Waals surface area contributed by atoms with E-state index in [0.717, 1.165) is 17.5 Å². The summed E-state index contributed by atoms with van der Waals surface area (Å²) in [5.74, 6) is 0.299. The normalized spacial score (nSPS) is 19.8. The van der Waals surface area contributed by atoms with Crippen molar-refractivity contribution in [1.82, 2.24) is 10.2 Å². The van der Waals surface area contributed by atoms with Crippen molar-refractivity contribution in [2.45, 2.75) is 39.2 Å². The molecule has 1 aliphatic heterocycles. The summed E-state index contributed by atoms with van der Waals surface area (Å²) in [6, 6.07) is 12.0. The Bertz CT molecular complexity index is 784. The number of likely N-dealkylation sites (tertiary alicyclic amines) is 1. The highest BCUT2D eigenvalue weighted by Gasteiger charge is 2.46. The molecule has 0 aliphatic carbocycles. The van der Waals surface area contributed by atoms with Gasteiger partial charge in [-0.15, -0.1) is 11.3 Å². The first-order valence-electron chi connectivity index (χ1n) is 9.16. The zero-order valence-corrected chi connectivity index (χ0v) is 16.4. The third-order valence-electron chi connectivity index (χ3n) is 4.96. The molecule has 1 atom stereocenters. The molecule has 4 nitrogen and oxygen atoms in total. The lowest BCUT2D eigenvalue weighted by Crippen LogP contribution is -2.55. The van der Waals surface area contributed by atoms with Crippen LogP contribution < -0.4 is 5.32 Å². The number of thiophene rings is 1. The van der Waals surface area contributed by atoms with Crippen LogP contribution in [-0.4, -0.2) is 35.3 Å². The predicted octanol–water partition coefficient (Wildman–Crippen LogP) is 4.18. The number of benzene rings is 1. The molecule has 138 valence electrons. The molecule has 1 unspecified atom stereocenters. The second-order valence-corrected chi connectivity index (χ2v) is 8.41. The van der Waals surface area contributed by atoms with Gasteiger partial charge in [-0.1, -0.05) is 44.2 Å². The zero-order valence-electron chi connectivity index (χ0n) is 15.6. The summed E-state index contributed by atoms with van der Waals surface area (Å²) in [5, 5.41) is 5.01. The summed E-state index contributed by atoms with van der Waals surface area (Å²) in [7, 11) is 0. The van der Waals surface area contributed by atoms with Crippen molar-refractivity contribution in [2.24, 2.45) is 5.92 Å². The average Bonchev–Trinajstić information content (AvgIpc) is 3.27. The first-order chi connectivity index (χ1) is 12.4. The number of rotatable bonds is 5. The molecule has 2 amide bonds. The summed E-state index contributed by atoms with van der Waals surface area (Å²) < 4.78 is 0. The summed E-state index contributed by atoms with van der Waals surface area (Å²) in [6.07, 6.45) is 1.56. The Kier molecular flexibility index (Phi) is 5.47. The maximum Gasteiger partial charge on any atom is 0.264 e. The third-order valence-corrected chi connectivity index (χ3v) is 5.88. The van der Waals surface area contributed by atoms with Gasteiger partial charge in [0.2, 0.25) is 5.91 Å². The van der Waals surface area contributed by atoms with Crippen LogP contribution in [0.15, 0.2) is 41.8 Å². The highest BCUT2D eigenvalue weighted by Crippen LogP contribution is 2.33. The molecule has 1 aromatic carbocycles. The predicted molar refractivity (Wildman–Crippen MR) is 106 cm³/mol. The minimum absolute atomic E-state index is 0.0445. The molecule has 0 radical (unpaired) electrons. The molecule has 2 heterocycles. The van der Waals surface area contributed by atoms with E-state index in [1.165, 1.54) is 11.3 Å². The molecule has 1 saturated heterocycles. The molecule has 1 aromatic heterocycles. The van der Waals surface area contributed by atoms with Crippen molar-refractivity contribution in [1.29, 1.82) is 0 Å². The monoisotopic (exact) mass is 370 g/mol. The Labute approximate surface area is 159 Å². The fraction of sp³-hybridized carbons (Fsp3) is 0.429. The second-order valence-electron chi connectivity index (χ2n) is 7.50. The van der Waals surface area contributed by atoms with E-state index >= 15 is 0 Å². The number of hydrogen-bond donors (Lipinski definition) is 1. The van der Waals surface area contributed by atoms with Gasteiger partial charge in [0, 0.05) is 13.1 Å². The fourth-order valence-corrected chi connectivity index (χ4v) is 4.24. The smallest absolute Gasteiger partial charge is 0.264 e. The lowest BCUT2D eigenvalue weighted by atomic mass is 9.97. The van der Waals surface area contributed by atoms with Gasteiger partial charge in [-0.2, -0.15) is 0 Å². The quantitative estimate of drug-likeness (QED) is 0.858. The van der Waals surface area contributed by atoms with Crippen LogP contribution in [0.4, 0.5) is 0 Å². The minimum Gasteiger partial charge on any atom is -0.354 e.